The van der Waals surface area contributed by atoms with Crippen LogP contribution in [-0.2, 0) is 4.74 Å². The molecule has 0 amide bonds. The van der Waals surface area contributed by atoms with Crippen LogP contribution in [0.3, 0.4) is 0 Å². The van der Waals surface area contributed by atoms with Crippen LogP contribution in [0.2, 0.25) is 0 Å². The van der Waals surface area contributed by atoms with Crippen molar-refractivity contribution in [3.63, 3.8) is 0 Å². The third kappa shape index (κ3) is 3.76. The van der Waals surface area contributed by atoms with Gasteiger partial charge in [0.2, 0.25) is 0 Å². The van der Waals surface area contributed by atoms with E-state index in [9.17, 15) is 0 Å². The topological polar surface area (TPSA) is 21.3 Å². The molecule has 1 saturated carbocycles. The lowest BCUT2D eigenvalue weighted by atomic mass is 9.74. The summed E-state index contributed by atoms with van der Waals surface area (Å²) in [5, 5.41) is 3.83. The molecule has 0 aromatic rings. The van der Waals surface area contributed by atoms with E-state index in [0.717, 1.165) is 6.61 Å². The Morgan fingerprint density at radius 3 is 2.47 bits per heavy atom. The first-order valence-electron chi connectivity index (χ1n) is 6.53. The average Bonchev–Trinajstić information content (AvgIpc) is 2.20. The minimum Gasteiger partial charge on any atom is -0.383 e. The Morgan fingerprint density at radius 2 is 2.07 bits per heavy atom. The lowest BCUT2D eigenvalue weighted by molar-refractivity contribution is 0.101. The summed E-state index contributed by atoms with van der Waals surface area (Å²) < 4.78 is 5.30. The van der Waals surface area contributed by atoms with Crippen LogP contribution in [0.15, 0.2) is 0 Å². The highest BCUT2D eigenvalue weighted by Gasteiger charge is 2.36. The molecule has 0 aromatic carbocycles. The molecule has 2 heteroatoms. The van der Waals surface area contributed by atoms with Gasteiger partial charge in [-0.2, -0.15) is 0 Å². The van der Waals surface area contributed by atoms with Crippen LogP contribution in [0.1, 0.15) is 58.8 Å². The van der Waals surface area contributed by atoms with Gasteiger partial charge in [0.05, 0.1) is 6.61 Å². The Kier molecular flexibility index (Phi) is 5.62. The molecule has 1 aliphatic rings. The lowest BCUT2D eigenvalue weighted by Crippen LogP contribution is -2.55. The molecule has 1 aliphatic carbocycles. The van der Waals surface area contributed by atoms with Crippen LogP contribution in [0.25, 0.3) is 0 Å². The van der Waals surface area contributed by atoms with E-state index in [1.165, 1.54) is 44.9 Å². The summed E-state index contributed by atoms with van der Waals surface area (Å²) in [6, 6.07) is 0.565. The highest BCUT2D eigenvalue weighted by molar-refractivity contribution is 4.96. The van der Waals surface area contributed by atoms with Crippen molar-refractivity contribution in [2.75, 3.05) is 13.7 Å². The van der Waals surface area contributed by atoms with Gasteiger partial charge >= 0.3 is 0 Å². The number of hydrogen-bond acceptors (Lipinski definition) is 2. The molecule has 1 unspecified atom stereocenters. The molecule has 1 fully saturated rings. The molecule has 2 nitrogen and oxygen atoms in total. The largest absolute Gasteiger partial charge is 0.383 e. The summed E-state index contributed by atoms with van der Waals surface area (Å²) in [6.45, 7) is 5.42. The number of hydrogen-bond donors (Lipinski definition) is 1. The second-order valence-electron chi connectivity index (χ2n) is 4.93. The standard InChI is InChI=1S/C13H27NO/c1-4-6-8-12(11-15-3)14-13(5-2)9-7-10-13/h12,14H,4-11H2,1-3H3. The van der Waals surface area contributed by atoms with Crippen molar-refractivity contribution in [1.29, 1.82) is 0 Å². The fourth-order valence-corrected chi connectivity index (χ4v) is 2.49. The van der Waals surface area contributed by atoms with Crippen LogP contribution in [0.5, 0.6) is 0 Å². The van der Waals surface area contributed by atoms with Crippen molar-refractivity contribution >= 4 is 0 Å². The van der Waals surface area contributed by atoms with Gasteiger partial charge in [0, 0.05) is 18.7 Å². The van der Waals surface area contributed by atoms with E-state index >= 15 is 0 Å². The lowest BCUT2D eigenvalue weighted by Gasteiger charge is -2.45. The number of rotatable bonds is 8. The van der Waals surface area contributed by atoms with Crippen molar-refractivity contribution < 1.29 is 4.74 Å². The Balaban J connectivity index is 2.34. The summed E-state index contributed by atoms with van der Waals surface area (Å²) in [7, 11) is 1.81. The quantitative estimate of drug-likeness (QED) is 0.669. The summed E-state index contributed by atoms with van der Waals surface area (Å²) in [4.78, 5) is 0. The summed E-state index contributed by atoms with van der Waals surface area (Å²) in [5.41, 5.74) is 0.455. The number of methoxy groups -OCH3 is 1. The average molecular weight is 213 g/mol. The van der Waals surface area contributed by atoms with Crippen LogP contribution >= 0.6 is 0 Å². The molecule has 0 saturated heterocycles. The molecule has 0 aliphatic heterocycles. The van der Waals surface area contributed by atoms with Crippen molar-refractivity contribution in [1.82, 2.24) is 5.32 Å². The van der Waals surface area contributed by atoms with Crippen LogP contribution < -0.4 is 5.32 Å². The maximum atomic E-state index is 5.30. The van der Waals surface area contributed by atoms with Crippen molar-refractivity contribution in [2.45, 2.75) is 70.4 Å². The van der Waals surface area contributed by atoms with Gasteiger partial charge in [-0.1, -0.05) is 26.7 Å². The highest BCUT2D eigenvalue weighted by Crippen LogP contribution is 2.35. The van der Waals surface area contributed by atoms with Gasteiger partial charge < -0.3 is 10.1 Å². The maximum Gasteiger partial charge on any atom is 0.0616 e. The van der Waals surface area contributed by atoms with E-state index in [4.69, 9.17) is 4.74 Å². The zero-order valence-electron chi connectivity index (χ0n) is 10.6. The Morgan fingerprint density at radius 1 is 1.33 bits per heavy atom. The SMILES string of the molecule is CCCCC(COC)NC1(CC)CCC1. The molecule has 0 spiro atoms. The number of ether oxygens (including phenoxy) is 1. The molecule has 1 N–H and O–H groups in total. The van der Waals surface area contributed by atoms with Crippen LogP contribution in [-0.4, -0.2) is 25.3 Å². The molecular formula is C13H27NO. The molecule has 15 heavy (non-hydrogen) atoms. The zero-order valence-corrected chi connectivity index (χ0v) is 10.6. The second kappa shape index (κ2) is 6.49. The van der Waals surface area contributed by atoms with Crippen LogP contribution in [0.4, 0.5) is 0 Å². The first-order valence-corrected chi connectivity index (χ1v) is 6.53. The third-order valence-electron chi connectivity index (χ3n) is 3.77. The minimum atomic E-state index is 0.455. The minimum absolute atomic E-state index is 0.455. The molecule has 0 radical (unpaired) electrons. The summed E-state index contributed by atoms with van der Waals surface area (Å²) in [5.74, 6) is 0. The summed E-state index contributed by atoms with van der Waals surface area (Å²) >= 11 is 0. The van der Waals surface area contributed by atoms with Gasteiger partial charge in [-0.15, -0.1) is 0 Å². The summed E-state index contributed by atoms with van der Waals surface area (Å²) in [6.07, 6.45) is 9.22. The van der Waals surface area contributed by atoms with Crippen molar-refractivity contribution in [2.24, 2.45) is 0 Å². The number of unbranched alkanes of at least 4 members (excludes halogenated alkanes) is 1. The van der Waals surface area contributed by atoms with Crippen LogP contribution in [0, 0.1) is 0 Å². The fourth-order valence-electron chi connectivity index (χ4n) is 2.49. The smallest absolute Gasteiger partial charge is 0.0616 e. The predicted molar refractivity (Wildman–Crippen MR) is 65.2 cm³/mol. The normalized spacial score (nSPS) is 21.0. The van der Waals surface area contributed by atoms with Crippen molar-refractivity contribution in [3.05, 3.63) is 0 Å². The van der Waals surface area contributed by atoms with Gasteiger partial charge in [0.1, 0.15) is 0 Å². The molecule has 90 valence electrons. The monoisotopic (exact) mass is 213 g/mol. The van der Waals surface area contributed by atoms with E-state index in [1.54, 1.807) is 7.11 Å². The Hall–Kier alpha value is -0.0800. The molecule has 0 aromatic heterocycles. The maximum absolute atomic E-state index is 5.30. The first-order chi connectivity index (χ1) is 7.26. The molecule has 1 rings (SSSR count). The van der Waals surface area contributed by atoms with E-state index in [2.05, 4.69) is 19.2 Å². The fraction of sp³-hybridized carbons (Fsp3) is 1.00. The van der Waals surface area contributed by atoms with E-state index < -0.39 is 0 Å². The number of nitrogens with one attached hydrogen (secondary N) is 1. The zero-order chi connectivity index (χ0) is 11.1. The van der Waals surface area contributed by atoms with E-state index in [-0.39, 0.29) is 0 Å². The van der Waals surface area contributed by atoms with Gasteiger partial charge in [-0.3, -0.25) is 0 Å². The molecule has 0 bridgehead atoms. The van der Waals surface area contributed by atoms with Gasteiger partial charge in [0.25, 0.3) is 0 Å². The van der Waals surface area contributed by atoms with Crippen molar-refractivity contribution in [3.8, 4) is 0 Å². The predicted octanol–water partition coefficient (Wildman–Crippen LogP) is 3.11. The van der Waals surface area contributed by atoms with E-state index in [0.29, 0.717) is 11.6 Å². The molecule has 1 atom stereocenters. The second-order valence-corrected chi connectivity index (χ2v) is 4.93. The van der Waals surface area contributed by atoms with E-state index in [1.807, 2.05) is 0 Å². The van der Waals surface area contributed by atoms with Gasteiger partial charge in [0.15, 0.2) is 0 Å². The highest BCUT2D eigenvalue weighted by atomic mass is 16.5. The molecular weight excluding hydrogens is 186 g/mol. The third-order valence-corrected chi connectivity index (χ3v) is 3.77. The Labute approximate surface area is 94.8 Å². The Bertz CT molecular complexity index is 160. The van der Waals surface area contributed by atoms with Gasteiger partial charge in [-0.25, -0.2) is 0 Å². The first kappa shape index (κ1) is 13.0. The molecule has 0 heterocycles. The van der Waals surface area contributed by atoms with Gasteiger partial charge in [-0.05, 0) is 32.1 Å².